The zero-order valence-corrected chi connectivity index (χ0v) is 15.9. The first-order valence-corrected chi connectivity index (χ1v) is 10.8. The van der Waals surface area contributed by atoms with Gasteiger partial charge in [0.15, 0.2) is 9.84 Å². The van der Waals surface area contributed by atoms with Gasteiger partial charge < -0.3 is 0 Å². The van der Waals surface area contributed by atoms with Crippen molar-refractivity contribution in [1.82, 2.24) is 0 Å². The van der Waals surface area contributed by atoms with Crippen LogP contribution >= 0.6 is 27.5 Å². The predicted octanol–water partition coefficient (Wildman–Crippen LogP) is 3.70. The molecule has 0 aliphatic heterocycles. The maximum atomic E-state index is 12.3. The molecule has 0 amide bonds. The van der Waals surface area contributed by atoms with E-state index in [1.807, 2.05) is 0 Å². The number of hydrogen-bond acceptors (Lipinski definition) is 4. The first kappa shape index (κ1) is 18.3. The second-order valence-electron chi connectivity index (χ2n) is 4.61. The Labute approximate surface area is 148 Å². The Morgan fingerprint density at radius 3 is 2.17 bits per heavy atom. The number of sulfone groups is 1. The van der Waals surface area contributed by atoms with E-state index < -0.39 is 19.9 Å². The lowest BCUT2D eigenvalue weighted by Gasteiger charge is -2.10. The van der Waals surface area contributed by atoms with Crippen molar-refractivity contribution in [3.63, 3.8) is 0 Å². The van der Waals surface area contributed by atoms with Crippen LogP contribution in [0.3, 0.4) is 0 Å². The van der Waals surface area contributed by atoms with E-state index in [0.717, 1.165) is 0 Å². The van der Waals surface area contributed by atoms with Crippen LogP contribution < -0.4 is 4.72 Å². The molecule has 124 valence electrons. The maximum absolute atomic E-state index is 12.3. The highest BCUT2D eigenvalue weighted by atomic mass is 79.9. The molecule has 1 N–H and O–H groups in total. The minimum Gasteiger partial charge on any atom is -0.280 e. The van der Waals surface area contributed by atoms with E-state index in [0.29, 0.717) is 4.47 Å². The van der Waals surface area contributed by atoms with E-state index in [4.69, 9.17) is 11.6 Å². The second kappa shape index (κ2) is 6.80. The van der Waals surface area contributed by atoms with Crippen molar-refractivity contribution in [2.45, 2.75) is 16.7 Å². The summed E-state index contributed by atoms with van der Waals surface area (Å²) in [6.45, 7) is 1.54. The number of sulfonamides is 1. The van der Waals surface area contributed by atoms with Crippen LogP contribution in [0.2, 0.25) is 5.02 Å². The Hall–Kier alpha value is -1.09. The highest BCUT2D eigenvalue weighted by molar-refractivity contribution is 9.10. The Balaban J connectivity index is 2.31. The van der Waals surface area contributed by atoms with Gasteiger partial charge in [0, 0.05) is 10.2 Å². The summed E-state index contributed by atoms with van der Waals surface area (Å²) in [6, 6.07) is 9.94. The molecular weight excluding hydrogens is 426 g/mol. The van der Waals surface area contributed by atoms with Gasteiger partial charge in [-0.1, -0.05) is 34.5 Å². The molecule has 2 rings (SSSR count). The molecule has 0 saturated heterocycles. The fraction of sp³-hybridized carbons (Fsp3) is 0.143. The summed E-state index contributed by atoms with van der Waals surface area (Å²) in [5, 5.41) is 0.0806. The minimum absolute atomic E-state index is 0.0213. The fourth-order valence-corrected chi connectivity index (χ4v) is 4.78. The van der Waals surface area contributed by atoms with Gasteiger partial charge in [-0.3, -0.25) is 4.72 Å². The molecule has 0 aliphatic carbocycles. The molecule has 9 heteroatoms. The van der Waals surface area contributed by atoms with E-state index in [2.05, 4.69) is 20.7 Å². The SMILES string of the molecule is CCS(=O)(=O)c1ccc(NS(=O)(=O)c2ccc(Br)cc2Cl)cc1. The van der Waals surface area contributed by atoms with Gasteiger partial charge >= 0.3 is 0 Å². The van der Waals surface area contributed by atoms with E-state index in [1.54, 1.807) is 13.0 Å². The number of rotatable bonds is 5. The van der Waals surface area contributed by atoms with Crippen molar-refractivity contribution in [3.8, 4) is 0 Å². The maximum Gasteiger partial charge on any atom is 0.263 e. The molecular formula is C14H13BrClNO4S2. The van der Waals surface area contributed by atoms with Crippen molar-refractivity contribution in [3.05, 3.63) is 52.0 Å². The molecule has 2 aromatic carbocycles. The second-order valence-corrected chi connectivity index (χ2v) is 9.86. The number of benzene rings is 2. The summed E-state index contributed by atoms with van der Waals surface area (Å²) < 4.78 is 51.2. The zero-order valence-electron chi connectivity index (χ0n) is 12.0. The summed E-state index contributed by atoms with van der Waals surface area (Å²) in [7, 11) is -7.19. The van der Waals surface area contributed by atoms with Gasteiger partial charge in [-0.25, -0.2) is 16.8 Å². The van der Waals surface area contributed by atoms with E-state index in [9.17, 15) is 16.8 Å². The predicted molar refractivity (Wildman–Crippen MR) is 94.1 cm³/mol. The normalized spacial score (nSPS) is 12.1. The molecule has 0 unspecified atom stereocenters. The van der Waals surface area contributed by atoms with Crippen LogP contribution in [0, 0.1) is 0 Å². The third-order valence-corrected chi connectivity index (χ3v) is 7.14. The molecule has 0 spiro atoms. The van der Waals surface area contributed by atoms with Crippen molar-refractivity contribution in [1.29, 1.82) is 0 Å². The Morgan fingerprint density at radius 2 is 1.65 bits per heavy atom. The first-order valence-electron chi connectivity index (χ1n) is 6.46. The molecule has 0 radical (unpaired) electrons. The summed E-state index contributed by atoms with van der Waals surface area (Å²) in [5.74, 6) is -0.0213. The van der Waals surface area contributed by atoms with Crippen LogP contribution in [0.1, 0.15) is 6.92 Å². The number of nitrogens with one attached hydrogen (secondary N) is 1. The van der Waals surface area contributed by atoms with Gasteiger partial charge in [0.2, 0.25) is 0 Å². The Bertz CT molecular complexity index is 926. The minimum atomic E-state index is -3.87. The van der Waals surface area contributed by atoms with Crippen molar-refractivity contribution in [2.75, 3.05) is 10.5 Å². The van der Waals surface area contributed by atoms with Crippen molar-refractivity contribution in [2.24, 2.45) is 0 Å². The summed E-state index contributed by atoms with van der Waals surface area (Å²) in [4.78, 5) is 0.0808. The number of anilines is 1. The quantitative estimate of drug-likeness (QED) is 0.772. The highest BCUT2D eigenvalue weighted by Crippen LogP contribution is 2.27. The summed E-state index contributed by atoms with van der Waals surface area (Å²) in [6.07, 6.45) is 0. The molecule has 0 bridgehead atoms. The molecule has 2 aromatic rings. The fourth-order valence-electron chi connectivity index (χ4n) is 1.80. The van der Waals surface area contributed by atoms with Crippen LogP contribution in [0.4, 0.5) is 5.69 Å². The smallest absolute Gasteiger partial charge is 0.263 e. The molecule has 0 aromatic heterocycles. The number of halogens is 2. The van der Waals surface area contributed by atoms with Crippen molar-refractivity contribution >= 4 is 53.1 Å². The molecule has 0 fully saturated rings. The lowest BCUT2D eigenvalue weighted by molar-refractivity contribution is 0.597. The van der Waals surface area contributed by atoms with Crippen LogP contribution in [0.15, 0.2) is 56.7 Å². The monoisotopic (exact) mass is 437 g/mol. The standard InChI is InChI=1S/C14H13BrClNO4S2/c1-2-22(18,19)12-6-4-11(5-7-12)17-23(20,21)14-8-3-10(15)9-13(14)16/h3-9,17H,2H2,1H3. The molecule has 0 atom stereocenters. The molecule has 0 heterocycles. The van der Waals surface area contributed by atoms with Gasteiger partial charge in [-0.2, -0.15) is 0 Å². The molecule has 0 saturated carbocycles. The Morgan fingerprint density at radius 1 is 1.04 bits per heavy atom. The first-order chi connectivity index (χ1) is 10.7. The van der Waals surface area contributed by atoms with E-state index >= 15 is 0 Å². The third kappa shape index (κ3) is 4.26. The summed E-state index contributed by atoms with van der Waals surface area (Å²) in [5.41, 5.74) is 0.249. The van der Waals surface area contributed by atoms with Crippen LogP contribution in [0.5, 0.6) is 0 Å². The number of hydrogen-bond donors (Lipinski definition) is 1. The topological polar surface area (TPSA) is 80.3 Å². The average molecular weight is 439 g/mol. The van der Waals surface area contributed by atoms with E-state index in [1.165, 1.54) is 36.4 Å². The zero-order chi connectivity index (χ0) is 17.3. The highest BCUT2D eigenvalue weighted by Gasteiger charge is 2.19. The molecule has 5 nitrogen and oxygen atoms in total. The lowest BCUT2D eigenvalue weighted by Crippen LogP contribution is -2.13. The lowest BCUT2D eigenvalue weighted by atomic mass is 10.3. The van der Waals surface area contributed by atoms with Crippen molar-refractivity contribution < 1.29 is 16.8 Å². The van der Waals surface area contributed by atoms with Gasteiger partial charge in [0.25, 0.3) is 10.0 Å². The molecule has 23 heavy (non-hydrogen) atoms. The third-order valence-electron chi connectivity index (χ3n) is 3.03. The van der Waals surface area contributed by atoms with Gasteiger partial charge in [-0.15, -0.1) is 0 Å². The van der Waals surface area contributed by atoms with E-state index in [-0.39, 0.29) is 26.3 Å². The van der Waals surface area contributed by atoms with Crippen LogP contribution in [-0.4, -0.2) is 22.6 Å². The summed E-state index contributed by atoms with van der Waals surface area (Å²) >= 11 is 9.16. The average Bonchev–Trinajstić information content (AvgIpc) is 2.47. The van der Waals surface area contributed by atoms with Gasteiger partial charge in [0.05, 0.1) is 15.7 Å². The van der Waals surface area contributed by atoms with Crippen LogP contribution in [-0.2, 0) is 19.9 Å². The van der Waals surface area contributed by atoms with Crippen LogP contribution in [0.25, 0.3) is 0 Å². The van der Waals surface area contributed by atoms with Gasteiger partial charge in [0.1, 0.15) is 4.90 Å². The largest absolute Gasteiger partial charge is 0.280 e. The Kier molecular flexibility index (Phi) is 5.40. The molecule has 0 aliphatic rings. The van der Waals surface area contributed by atoms with Gasteiger partial charge in [-0.05, 0) is 42.5 Å².